The van der Waals surface area contributed by atoms with E-state index in [1.165, 1.54) is 0 Å². The molecule has 0 heterocycles. The third-order valence-corrected chi connectivity index (χ3v) is 2.14. The molecule has 1 amide bonds. The average Bonchev–Trinajstić information content (AvgIpc) is 2.34. The molecule has 0 aromatic heterocycles. The number of alkyl halides is 3. The molecule has 1 saturated carbocycles. The lowest BCUT2D eigenvalue weighted by molar-refractivity contribution is -0.174. The number of carbonyl (C=O) groups is 1. The molecule has 1 aliphatic carbocycles. The van der Waals surface area contributed by atoms with Gasteiger partial charge in [0.25, 0.3) is 0 Å². The second-order valence-electron chi connectivity index (χ2n) is 3.17. The van der Waals surface area contributed by atoms with E-state index in [0.717, 1.165) is 6.42 Å². The largest absolute Gasteiger partial charge is 0.471 e. The summed E-state index contributed by atoms with van der Waals surface area (Å²) in [6.07, 6.45) is -2.84. The monoisotopic (exact) mass is 196 g/mol. The number of hydrogen-bond donors (Lipinski definition) is 2. The lowest BCUT2D eigenvalue weighted by Crippen LogP contribution is -2.48. The fourth-order valence-electron chi connectivity index (χ4n) is 1.42. The van der Waals surface area contributed by atoms with Crippen molar-refractivity contribution < 1.29 is 18.0 Å². The summed E-state index contributed by atoms with van der Waals surface area (Å²) in [5.41, 5.74) is 5.49. The molecule has 0 bridgehead atoms. The van der Waals surface area contributed by atoms with E-state index < -0.39 is 18.1 Å². The van der Waals surface area contributed by atoms with E-state index in [4.69, 9.17) is 5.73 Å². The topological polar surface area (TPSA) is 55.1 Å². The Balaban J connectivity index is 2.45. The summed E-state index contributed by atoms with van der Waals surface area (Å²) in [5, 5.41) is 1.88. The number of rotatable bonds is 1. The smallest absolute Gasteiger partial charge is 0.344 e. The maximum Gasteiger partial charge on any atom is 0.471 e. The van der Waals surface area contributed by atoms with Crippen molar-refractivity contribution in [2.75, 3.05) is 0 Å². The van der Waals surface area contributed by atoms with Crippen LogP contribution in [0.5, 0.6) is 0 Å². The van der Waals surface area contributed by atoms with E-state index in [9.17, 15) is 18.0 Å². The second-order valence-corrected chi connectivity index (χ2v) is 3.17. The minimum Gasteiger partial charge on any atom is -0.344 e. The first kappa shape index (κ1) is 10.3. The zero-order valence-corrected chi connectivity index (χ0v) is 6.90. The van der Waals surface area contributed by atoms with Gasteiger partial charge in [0.15, 0.2) is 0 Å². The van der Waals surface area contributed by atoms with Gasteiger partial charge in [-0.2, -0.15) is 13.2 Å². The fraction of sp³-hybridized carbons (Fsp3) is 0.857. The molecule has 6 heteroatoms. The van der Waals surface area contributed by atoms with Crippen molar-refractivity contribution in [2.45, 2.75) is 37.5 Å². The maximum atomic E-state index is 11.8. The number of nitrogens with two attached hydrogens (primary N) is 1. The third-order valence-electron chi connectivity index (χ3n) is 2.14. The summed E-state index contributed by atoms with van der Waals surface area (Å²) in [5.74, 6) is -1.89. The predicted octanol–water partition coefficient (Wildman–Crippen LogP) is 0.545. The van der Waals surface area contributed by atoms with Crippen molar-refractivity contribution in [3.63, 3.8) is 0 Å². The molecule has 0 saturated heterocycles. The Bertz CT molecular complexity index is 204. The van der Waals surface area contributed by atoms with Crippen LogP contribution in [0.25, 0.3) is 0 Å². The minimum atomic E-state index is -4.80. The van der Waals surface area contributed by atoms with E-state index in [1.54, 1.807) is 0 Å². The van der Waals surface area contributed by atoms with Crippen molar-refractivity contribution >= 4 is 5.91 Å². The van der Waals surface area contributed by atoms with Crippen LogP contribution in [0.3, 0.4) is 0 Å². The highest BCUT2D eigenvalue weighted by atomic mass is 19.4. The van der Waals surface area contributed by atoms with Gasteiger partial charge in [-0.25, -0.2) is 0 Å². The molecule has 0 aromatic rings. The van der Waals surface area contributed by atoms with Crippen molar-refractivity contribution in [3.8, 4) is 0 Å². The number of halogens is 3. The molecule has 2 atom stereocenters. The van der Waals surface area contributed by atoms with Gasteiger partial charge in [0.05, 0.1) is 0 Å². The van der Waals surface area contributed by atoms with Crippen LogP contribution >= 0.6 is 0 Å². The highest BCUT2D eigenvalue weighted by Gasteiger charge is 2.41. The Morgan fingerprint density at radius 3 is 2.38 bits per heavy atom. The second kappa shape index (κ2) is 3.53. The van der Waals surface area contributed by atoms with Crippen LogP contribution in [0.2, 0.25) is 0 Å². The highest BCUT2D eigenvalue weighted by molar-refractivity contribution is 5.82. The molecule has 76 valence electrons. The van der Waals surface area contributed by atoms with E-state index in [1.807, 2.05) is 5.32 Å². The van der Waals surface area contributed by atoms with Gasteiger partial charge in [-0.15, -0.1) is 0 Å². The van der Waals surface area contributed by atoms with Crippen molar-refractivity contribution in [1.82, 2.24) is 5.32 Å². The average molecular weight is 196 g/mol. The maximum absolute atomic E-state index is 11.8. The van der Waals surface area contributed by atoms with Crippen LogP contribution in [-0.2, 0) is 4.79 Å². The van der Waals surface area contributed by atoms with E-state index in [2.05, 4.69) is 0 Å². The number of hydrogen-bond acceptors (Lipinski definition) is 2. The van der Waals surface area contributed by atoms with Gasteiger partial charge in [-0.3, -0.25) is 4.79 Å². The summed E-state index contributed by atoms with van der Waals surface area (Å²) >= 11 is 0. The summed E-state index contributed by atoms with van der Waals surface area (Å²) < 4.78 is 35.3. The minimum absolute atomic E-state index is 0.341. The molecule has 0 aliphatic heterocycles. The quantitative estimate of drug-likeness (QED) is 0.643. The highest BCUT2D eigenvalue weighted by Crippen LogP contribution is 2.20. The summed E-state index contributed by atoms with van der Waals surface area (Å²) in [7, 11) is 0. The van der Waals surface area contributed by atoms with Crippen molar-refractivity contribution in [3.05, 3.63) is 0 Å². The molecule has 0 unspecified atom stereocenters. The zero-order chi connectivity index (χ0) is 10.1. The molecule has 0 aromatic carbocycles. The Hall–Kier alpha value is -0.780. The van der Waals surface area contributed by atoms with Crippen LogP contribution in [-0.4, -0.2) is 24.2 Å². The number of carbonyl (C=O) groups excluding carboxylic acids is 1. The molecule has 3 N–H and O–H groups in total. The molecule has 3 nitrogen and oxygen atoms in total. The van der Waals surface area contributed by atoms with Crippen LogP contribution in [0.1, 0.15) is 19.3 Å². The van der Waals surface area contributed by atoms with Gasteiger partial charge < -0.3 is 11.1 Å². The number of amides is 1. The van der Waals surface area contributed by atoms with E-state index in [-0.39, 0.29) is 6.04 Å². The lowest BCUT2D eigenvalue weighted by Gasteiger charge is -2.17. The van der Waals surface area contributed by atoms with E-state index >= 15 is 0 Å². The van der Waals surface area contributed by atoms with Crippen LogP contribution in [0.15, 0.2) is 0 Å². The summed E-state index contributed by atoms with van der Waals surface area (Å²) in [6, 6.07) is -0.861. The van der Waals surface area contributed by atoms with Gasteiger partial charge in [0.1, 0.15) is 0 Å². The SMILES string of the molecule is N[C@@H]1CCC[C@H]1NC(=O)C(F)(F)F. The molecular formula is C7H11F3N2O. The Labute approximate surface area is 73.5 Å². The molecule has 1 fully saturated rings. The van der Waals surface area contributed by atoms with Gasteiger partial charge in [-0.05, 0) is 19.3 Å². The molecule has 0 spiro atoms. The number of nitrogens with one attached hydrogen (secondary N) is 1. The van der Waals surface area contributed by atoms with E-state index in [0.29, 0.717) is 12.8 Å². The van der Waals surface area contributed by atoms with Crippen molar-refractivity contribution in [1.29, 1.82) is 0 Å². The van der Waals surface area contributed by atoms with Crippen molar-refractivity contribution in [2.24, 2.45) is 5.73 Å². The Morgan fingerprint density at radius 1 is 1.38 bits per heavy atom. The Kier molecular flexibility index (Phi) is 2.80. The van der Waals surface area contributed by atoms with Gasteiger partial charge >= 0.3 is 12.1 Å². The van der Waals surface area contributed by atoms with Crippen LogP contribution in [0, 0.1) is 0 Å². The predicted molar refractivity (Wildman–Crippen MR) is 39.8 cm³/mol. The molecular weight excluding hydrogens is 185 g/mol. The van der Waals surface area contributed by atoms with Crippen LogP contribution < -0.4 is 11.1 Å². The van der Waals surface area contributed by atoms with Gasteiger partial charge in [0, 0.05) is 12.1 Å². The molecule has 0 radical (unpaired) electrons. The summed E-state index contributed by atoms with van der Waals surface area (Å²) in [6.45, 7) is 0. The normalized spacial score (nSPS) is 28.9. The molecule has 13 heavy (non-hydrogen) atoms. The first-order valence-corrected chi connectivity index (χ1v) is 4.04. The first-order valence-electron chi connectivity index (χ1n) is 4.04. The molecule has 1 rings (SSSR count). The van der Waals surface area contributed by atoms with Gasteiger partial charge in [0.2, 0.25) is 0 Å². The summed E-state index contributed by atoms with van der Waals surface area (Å²) in [4.78, 5) is 10.5. The standard InChI is InChI=1S/C7H11F3N2O/c8-7(9,10)6(13)12-5-3-1-2-4(5)11/h4-5H,1-3,11H2,(H,12,13)/t4-,5-/m1/s1. The Morgan fingerprint density at radius 2 is 2.00 bits per heavy atom. The molecule has 1 aliphatic rings. The fourth-order valence-corrected chi connectivity index (χ4v) is 1.42. The van der Waals surface area contributed by atoms with Crippen LogP contribution in [0.4, 0.5) is 13.2 Å². The first-order chi connectivity index (χ1) is 5.91. The van der Waals surface area contributed by atoms with Gasteiger partial charge in [-0.1, -0.05) is 0 Å². The third kappa shape index (κ3) is 2.58. The zero-order valence-electron chi connectivity index (χ0n) is 6.90. The lowest BCUT2D eigenvalue weighted by atomic mass is 10.2.